The Balaban J connectivity index is 0.00000873. The van der Waals surface area contributed by atoms with Gasteiger partial charge in [-0.2, -0.15) is 12.1 Å². The fourth-order valence-electron chi connectivity index (χ4n) is 8.96. The van der Waals surface area contributed by atoms with Crippen LogP contribution >= 0.6 is 0 Å². The molecule has 350 valence electrons. The summed E-state index contributed by atoms with van der Waals surface area (Å²) in [6.07, 6.45) is 1.74. The molecule has 0 spiro atoms. The predicted molar refractivity (Wildman–Crippen MR) is 287 cm³/mol. The first kappa shape index (κ1) is 29.1. The Kier molecular flexibility index (Phi) is 7.60. The van der Waals surface area contributed by atoms with Gasteiger partial charge in [-0.05, 0) is 98.7 Å². The van der Waals surface area contributed by atoms with Gasteiger partial charge < -0.3 is 19.1 Å². The van der Waals surface area contributed by atoms with E-state index in [-0.39, 0.29) is 83.2 Å². The van der Waals surface area contributed by atoms with Gasteiger partial charge in [0, 0.05) is 93.0 Å². The first-order valence-electron chi connectivity index (χ1n) is 31.8. The molecule has 0 saturated carbocycles. The molecule has 6 heteroatoms. The van der Waals surface area contributed by atoms with Crippen molar-refractivity contribution in [2.45, 2.75) is 65.9 Å². The first-order valence-corrected chi connectivity index (χ1v) is 22.3. The summed E-state index contributed by atoms with van der Waals surface area (Å²) in [5.41, 5.74) is 0.769. The van der Waals surface area contributed by atoms with E-state index in [0.717, 1.165) is 5.56 Å². The van der Waals surface area contributed by atoms with Crippen molar-refractivity contribution in [3.63, 3.8) is 0 Å². The van der Waals surface area contributed by atoms with Crippen molar-refractivity contribution in [1.82, 2.24) is 9.55 Å². The molecule has 70 heavy (non-hydrogen) atoms. The summed E-state index contributed by atoms with van der Waals surface area (Å²) in [5.74, 6) is 0.819. The van der Waals surface area contributed by atoms with Crippen LogP contribution in [0.2, 0.25) is 0 Å². The van der Waals surface area contributed by atoms with Crippen LogP contribution in [0, 0.1) is 32.5 Å². The molecule has 0 radical (unpaired) electrons. The monoisotopic (exact) mass is 1110 g/mol. The summed E-state index contributed by atoms with van der Waals surface area (Å²) in [7, 11) is 0. The average Bonchev–Trinajstić information content (AvgIpc) is 1.32. The molecule has 0 unspecified atom stereocenters. The van der Waals surface area contributed by atoms with Crippen LogP contribution in [0.3, 0.4) is 0 Å². The van der Waals surface area contributed by atoms with E-state index in [0.29, 0.717) is 61.7 Å². The van der Waals surface area contributed by atoms with Crippen LogP contribution in [0.25, 0.3) is 61.0 Å². The maximum atomic E-state index is 9.05. The maximum Gasteiger partial charge on any atom is 0.135 e. The van der Waals surface area contributed by atoms with E-state index in [1.165, 1.54) is 30.3 Å². The Morgan fingerprint density at radius 2 is 1.31 bits per heavy atom. The molecular formula is C64H55N4OPt-3. The van der Waals surface area contributed by atoms with Gasteiger partial charge in [-0.25, -0.2) is 4.98 Å². The van der Waals surface area contributed by atoms with Gasteiger partial charge in [0.1, 0.15) is 5.82 Å². The number of rotatable bonds is 8. The van der Waals surface area contributed by atoms with Gasteiger partial charge in [0.05, 0.1) is 5.48 Å². The fraction of sp³-hybridized carbons (Fsp3) is 0.156. The zero-order chi connectivity index (χ0) is 63.6. The second-order valence-electron chi connectivity index (χ2n) is 18.0. The number of nitrogens with zero attached hydrogens (tertiary/aromatic N) is 4. The van der Waals surface area contributed by atoms with Gasteiger partial charge in [0.25, 0.3) is 0 Å². The minimum Gasteiger partial charge on any atom is -0.509 e. The second kappa shape index (κ2) is 18.3. The minimum atomic E-state index is -3.59. The third-order valence-electron chi connectivity index (χ3n) is 12.4. The average molecular weight is 1110 g/mol. The van der Waals surface area contributed by atoms with E-state index in [2.05, 4.69) is 32.9 Å². The molecule has 0 bridgehead atoms. The molecule has 3 heterocycles. The van der Waals surface area contributed by atoms with Crippen molar-refractivity contribution in [3.05, 3.63) is 223 Å². The van der Waals surface area contributed by atoms with Crippen LogP contribution in [-0.2, 0) is 31.9 Å². The molecule has 10 aromatic rings. The zero-order valence-corrected chi connectivity index (χ0v) is 40.4. The smallest absolute Gasteiger partial charge is 0.135 e. The number of aromatic nitrogens is 2. The Labute approximate surface area is 454 Å². The van der Waals surface area contributed by atoms with Crippen molar-refractivity contribution in [3.8, 4) is 50.7 Å². The van der Waals surface area contributed by atoms with Gasteiger partial charge >= 0.3 is 0 Å². The number of fused-ring (bicyclic) bond motifs is 4. The van der Waals surface area contributed by atoms with Crippen LogP contribution in [0.4, 0.5) is 22.7 Å². The molecule has 1 aliphatic heterocycles. The number of anilines is 4. The summed E-state index contributed by atoms with van der Waals surface area (Å²) >= 11 is 0. The van der Waals surface area contributed by atoms with E-state index >= 15 is 0 Å². The summed E-state index contributed by atoms with van der Waals surface area (Å²) in [5, 5.41) is 0.762. The minimum absolute atomic E-state index is 0. The molecule has 5 nitrogen and oxygen atoms in total. The normalized spacial score (nSPS) is 17.5. The van der Waals surface area contributed by atoms with Gasteiger partial charge in [0.2, 0.25) is 0 Å². The Bertz CT molecular complexity index is 4350. The third kappa shape index (κ3) is 8.51. The van der Waals surface area contributed by atoms with Crippen molar-refractivity contribution < 1.29 is 51.8 Å². The van der Waals surface area contributed by atoms with Gasteiger partial charge in [0.15, 0.2) is 0 Å². The molecule has 0 saturated heterocycles. The fourth-order valence-corrected chi connectivity index (χ4v) is 8.96. The summed E-state index contributed by atoms with van der Waals surface area (Å²) < 4.78 is 172. The van der Waals surface area contributed by atoms with E-state index in [4.69, 9.17) is 35.8 Å². The first-order chi connectivity index (χ1) is 41.1. The summed E-state index contributed by atoms with van der Waals surface area (Å²) in [6, 6.07) is 46.3. The third-order valence-corrected chi connectivity index (χ3v) is 12.4. The second-order valence-corrected chi connectivity index (χ2v) is 18.0. The van der Waals surface area contributed by atoms with E-state index < -0.39 is 57.3 Å². The number of hydrogen-bond acceptors (Lipinski definition) is 4. The van der Waals surface area contributed by atoms with Crippen LogP contribution < -0.4 is 14.5 Å². The Morgan fingerprint density at radius 3 is 2.11 bits per heavy atom. The van der Waals surface area contributed by atoms with Crippen LogP contribution in [-0.4, -0.2) is 9.55 Å². The van der Waals surface area contributed by atoms with Crippen molar-refractivity contribution in [2.24, 2.45) is 0 Å². The number of ether oxygens (including phenoxy) is 1. The number of para-hydroxylation sites is 4. The molecule has 1 aliphatic rings. The van der Waals surface area contributed by atoms with Gasteiger partial charge in [-0.1, -0.05) is 168 Å². The number of aryl methyl sites for hydroxylation is 2. The van der Waals surface area contributed by atoms with Crippen molar-refractivity contribution in [1.29, 1.82) is 0 Å². The molecule has 0 N–H and O–H groups in total. The van der Waals surface area contributed by atoms with Crippen LogP contribution in [0.1, 0.15) is 89.6 Å². The molecule has 8 aromatic carbocycles. The van der Waals surface area contributed by atoms with E-state index in [1.807, 2.05) is 29.2 Å². The number of benzene rings is 8. The number of hydrogen-bond donors (Lipinski definition) is 0. The topological polar surface area (TPSA) is 33.5 Å². The summed E-state index contributed by atoms with van der Waals surface area (Å²) in [6.45, 7) is -8.23. The zero-order valence-electron chi connectivity index (χ0n) is 57.1. The summed E-state index contributed by atoms with van der Waals surface area (Å²) in [4.78, 5) is 8.37. The van der Waals surface area contributed by atoms with Crippen LogP contribution in [0.15, 0.2) is 182 Å². The van der Waals surface area contributed by atoms with E-state index in [1.54, 1.807) is 119 Å². The predicted octanol–water partition coefficient (Wildman–Crippen LogP) is 17.2. The molecular weight excluding hydrogens is 1040 g/mol. The largest absolute Gasteiger partial charge is 0.509 e. The molecule has 0 fully saturated rings. The SMILES string of the molecule is [2H]c1c([2H])c([2H])c2c(c1[2H])c1ccc(Oc3[c-]c(N4[CH-]N(c5c(-c6cccc(C(C([2H])([2H])[2H])(C([2H])([2H])[2H])C([2H])([2H])[2H])c6)cccc5-c5ccc(-c6ccccc6C([2H])([2H])[2H])cc5C([2H])([2H])[2H])c5ccccc54)ccc3)[c-]c1n2-c1ccc(C(C)(C)C)cn1.[Pt]. The quantitative estimate of drug-likeness (QED) is 0.142. The standard InChI is InChI=1S/C64H55N4O.Pt/c1-42-18-9-10-23-51(42)45-30-33-52(43(2)36-45)56-26-17-25-53(44-19-15-20-46(37-44)63(3,4)5)62(56)67-41-66(58-28-13-14-29-59(58)67)48-21-16-22-49(38-48)69-50-32-34-55-54-24-11-12-27-57(54)68(60(55)39-50)61-35-31-47(40-65-61)64(6,7)8;/h9-37,40-41H,1-8H3;/q-3;/i1D3,2D3,3D3,4D3,5D3,11D,12D,24D,27D;. The van der Waals surface area contributed by atoms with E-state index in [9.17, 15) is 0 Å². The van der Waals surface area contributed by atoms with Crippen molar-refractivity contribution in [2.75, 3.05) is 9.80 Å². The van der Waals surface area contributed by atoms with Gasteiger partial charge in [-0.3, -0.25) is 0 Å². The van der Waals surface area contributed by atoms with Crippen LogP contribution in [0.5, 0.6) is 11.5 Å². The molecule has 2 aromatic heterocycles. The maximum absolute atomic E-state index is 9.05. The van der Waals surface area contributed by atoms with Gasteiger partial charge in [-0.15, -0.1) is 48.1 Å². The molecule has 0 aliphatic carbocycles. The molecule has 11 rings (SSSR count). The Hall–Kier alpha value is -7.20. The van der Waals surface area contributed by atoms with Crippen molar-refractivity contribution >= 4 is 44.6 Å². The molecule has 0 amide bonds. The number of pyridine rings is 1. The Morgan fingerprint density at radius 1 is 0.586 bits per heavy atom. The molecule has 0 atom stereocenters.